The standard InChI is InChI=1S/C24H28ClN3O4/c1-15-6-5-7-18(25)21(15)23(30)28-20(24(31)32-2)14-16-9-11-17(12-10-16)27-22(29)19-8-3-4-13-26-19/h5-7,9-12,19-20,26H,3-4,8,13-14H2,1-2H3,(H,27,29)(H,28,30). The van der Waals surface area contributed by atoms with Gasteiger partial charge in [-0.25, -0.2) is 4.79 Å². The fourth-order valence-corrected chi connectivity index (χ4v) is 4.06. The molecule has 1 saturated heterocycles. The van der Waals surface area contributed by atoms with Crippen molar-refractivity contribution in [2.75, 3.05) is 19.0 Å². The molecule has 1 heterocycles. The summed E-state index contributed by atoms with van der Waals surface area (Å²) in [6.45, 7) is 2.63. The lowest BCUT2D eigenvalue weighted by molar-refractivity contribution is -0.142. The Morgan fingerprint density at radius 2 is 1.91 bits per heavy atom. The molecule has 2 unspecified atom stereocenters. The Kier molecular flexibility index (Phi) is 8.25. The van der Waals surface area contributed by atoms with Gasteiger partial charge in [-0.3, -0.25) is 9.59 Å². The number of ether oxygens (including phenoxy) is 1. The summed E-state index contributed by atoms with van der Waals surface area (Å²) >= 11 is 6.18. The number of carbonyl (C=O) groups excluding carboxylic acids is 3. The second-order valence-electron chi connectivity index (χ2n) is 7.87. The van der Waals surface area contributed by atoms with Gasteiger partial charge in [0, 0.05) is 12.1 Å². The van der Waals surface area contributed by atoms with E-state index in [1.54, 1.807) is 37.3 Å². The molecule has 0 saturated carbocycles. The quantitative estimate of drug-likeness (QED) is 0.554. The van der Waals surface area contributed by atoms with Gasteiger partial charge in [-0.2, -0.15) is 0 Å². The number of hydrogen-bond donors (Lipinski definition) is 3. The number of methoxy groups -OCH3 is 1. The van der Waals surface area contributed by atoms with Crippen LogP contribution < -0.4 is 16.0 Å². The van der Waals surface area contributed by atoms with Crippen molar-refractivity contribution in [1.82, 2.24) is 10.6 Å². The SMILES string of the molecule is COC(=O)C(Cc1ccc(NC(=O)C2CCCCN2)cc1)NC(=O)c1c(C)cccc1Cl. The number of amides is 2. The zero-order valence-electron chi connectivity index (χ0n) is 18.2. The summed E-state index contributed by atoms with van der Waals surface area (Å²) in [5, 5.41) is 9.18. The summed E-state index contributed by atoms with van der Waals surface area (Å²) < 4.78 is 4.87. The Labute approximate surface area is 192 Å². The van der Waals surface area contributed by atoms with Crippen molar-refractivity contribution in [3.63, 3.8) is 0 Å². The van der Waals surface area contributed by atoms with Gasteiger partial charge in [0.05, 0.1) is 23.7 Å². The van der Waals surface area contributed by atoms with Gasteiger partial charge in [0.1, 0.15) is 6.04 Å². The van der Waals surface area contributed by atoms with Crippen LogP contribution in [0.5, 0.6) is 0 Å². The molecule has 0 radical (unpaired) electrons. The van der Waals surface area contributed by atoms with Crippen LogP contribution in [0.3, 0.4) is 0 Å². The highest BCUT2D eigenvalue weighted by Crippen LogP contribution is 2.20. The number of carbonyl (C=O) groups is 3. The number of nitrogens with one attached hydrogen (secondary N) is 3. The van der Waals surface area contributed by atoms with Gasteiger partial charge in [0.2, 0.25) is 5.91 Å². The Bertz CT molecular complexity index is 951. The highest BCUT2D eigenvalue weighted by Gasteiger charge is 2.25. The molecular weight excluding hydrogens is 430 g/mol. The third kappa shape index (κ3) is 6.08. The predicted molar refractivity (Wildman–Crippen MR) is 124 cm³/mol. The van der Waals surface area contributed by atoms with E-state index in [9.17, 15) is 14.4 Å². The fourth-order valence-electron chi connectivity index (χ4n) is 3.75. The van der Waals surface area contributed by atoms with E-state index >= 15 is 0 Å². The zero-order valence-corrected chi connectivity index (χ0v) is 19.0. The second kappa shape index (κ2) is 11.1. The largest absolute Gasteiger partial charge is 0.467 e. The number of rotatable bonds is 7. The first kappa shape index (κ1) is 23.8. The summed E-state index contributed by atoms with van der Waals surface area (Å²) in [6.07, 6.45) is 3.19. The minimum Gasteiger partial charge on any atom is -0.467 e. The Hall–Kier alpha value is -2.90. The molecule has 8 heteroatoms. The molecule has 2 aromatic carbocycles. The van der Waals surface area contributed by atoms with Crippen LogP contribution in [0, 0.1) is 6.92 Å². The maximum absolute atomic E-state index is 12.8. The van der Waals surface area contributed by atoms with E-state index in [1.807, 2.05) is 12.1 Å². The maximum Gasteiger partial charge on any atom is 0.328 e. The highest BCUT2D eigenvalue weighted by molar-refractivity contribution is 6.34. The van der Waals surface area contributed by atoms with E-state index in [0.29, 0.717) is 21.8 Å². The molecule has 1 fully saturated rings. The van der Waals surface area contributed by atoms with Crippen LogP contribution in [0.1, 0.15) is 40.7 Å². The Morgan fingerprint density at radius 3 is 2.53 bits per heavy atom. The van der Waals surface area contributed by atoms with Crippen molar-refractivity contribution in [2.24, 2.45) is 0 Å². The molecule has 32 heavy (non-hydrogen) atoms. The van der Waals surface area contributed by atoms with Crippen molar-refractivity contribution in [3.05, 3.63) is 64.2 Å². The zero-order chi connectivity index (χ0) is 23.1. The first-order chi connectivity index (χ1) is 15.4. The third-order valence-electron chi connectivity index (χ3n) is 5.53. The molecule has 2 amide bonds. The lowest BCUT2D eigenvalue weighted by Gasteiger charge is -2.22. The monoisotopic (exact) mass is 457 g/mol. The smallest absolute Gasteiger partial charge is 0.328 e. The summed E-state index contributed by atoms with van der Waals surface area (Å²) in [4.78, 5) is 37.5. The van der Waals surface area contributed by atoms with Gasteiger partial charge in [0.25, 0.3) is 5.91 Å². The molecule has 1 aliphatic rings. The number of hydrogen-bond acceptors (Lipinski definition) is 5. The van der Waals surface area contributed by atoms with Crippen molar-refractivity contribution >= 4 is 35.1 Å². The number of piperidine rings is 1. The molecule has 0 bridgehead atoms. The van der Waals surface area contributed by atoms with Gasteiger partial charge in [0.15, 0.2) is 0 Å². The van der Waals surface area contributed by atoms with E-state index in [2.05, 4.69) is 16.0 Å². The first-order valence-corrected chi connectivity index (χ1v) is 11.0. The summed E-state index contributed by atoms with van der Waals surface area (Å²) in [5.41, 5.74) is 2.53. The number of anilines is 1. The van der Waals surface area contributed by atoms with E-state index in [4.69, 9.17) is 16.3 Å². The average Bonchev–Trinajstić information content (AvgIpc) is 2.79. The Morgan fingerprint density at radius 1 is 1.16 bits per heavy atom. The van der Waals surface area contributed by atoms with Crippen molar-refractivity contribution in [2.45, 2.75) is 44.7 Å². The van der Waals surface area contributed by atoms with Crippen LogP contribution in [0.2, 0.25) is 5.02 Å². The van der Waals surface area contributed by atoms with E-state index in [0.717, 1.165) is 31.4 Å². The molecule has 0 aliphatic carbocycles. The molecular formula is C24H28ClN3O4. The highest BCUT2D eigenvalue weighted by atomic mass is 35.5. The number of aryl methyl sites for hydroxylation is 1. The molecule has 7 nitrogen and oxygen atoms in total. The van der Waals surface area contributed by atoms with Crippen molar-refractivity contribution in [1.29, 1.82) is 0 Å². The lowest BCUT2D eigenvalue weighted by Crippen LogP contribution is -2.43. The van der Waals surface area contributed by atoms with Gasteiger partial charge < -0.3 is 20.7 Å². The fraction of sp³-hybridized carbons (Fsp3) is 0.375. The molecule has 2 atom stereocenters. The van der Waals surface area contributed by atoms with Crippen LogP contribution in [0.4, 0.5) is 5.69 Å². The van der Waals surface area contributed by atoms with Crippen LogP contribution >= 0.6 is 11.6 Å². The van der Waals surface area contributed by atoms with Crippen LogP contribution in [0.15, 0.2) is 42.5 Å². The van der Waals surface area contributed by atoms with Crippen molar-refractivity contribution < 1.29 is 19.1 Å². The van der Waals surface area contributed by atoms with E-state index in [-0.39, 0.29) is 18.4 Å². The summed E-state index contributed by atoms with van der Waals surface area (Å²) in [5.74, 6) is -1.04. The topological polar surface area (TPSA) is 96.5 Å². The lowest BCUT2D eigenvalue weighted by atomic mass is 10.0. The number of halogens is 1. The molecule has 3 N–H and O–H groups in total. The molecule has 170 valence electrons. The predicted octanol–water partition coefficient (Wildman–Crippen LogP) is 3.24. The minimum atomic E-state index is -0.880. The van der Waals surface area contributed by atoms with Gasteiger partial charge in [-0.15, -0.1) is 0 Å². The van der Waals surface area contributed by atoms with Gasteiger partial charge in [-0.1, -0.05) is 42.3 Å². The van der Waals surface area contributed by atoms with Crippen LogP contribution in [-0.2, 0) is 20.7 Å². The van der Waals surface area contributed by atoms with Gasteiger partial charge in [-0.05, 0) is 55.6 Å². The molecule has 2 aromatic rings. The molecule has 1 aliphatic heterocycles. The van der Waals surface area contributed by atoms with Crippen LogP contribution in [-0.4, -0.2) is 43.5 Å². The average molecular weight is 458 g/mol. The molecule has 3 rings (SSSR count). The van der Waals surface area contributed by atoms with Gasteiger partial charge >= 0.3 is 5.97 Å². The van der Waals surface area contributed by atoms with E-state index < -0.39 is 17.9 Å². The third-order valence-corrected chi connectivity index (χ3v) is 5.84. The molecule has 0 spiro atoms. The number of benzene rings is 2. The summed E-state index contributed by atoms with van der Waals surface area (Å²) in [6, 6.07) is 11.3. The normalized spacial score (nSPS) is 16.7. The minimum absolute atomic E-state index is 0.0488. The Balaban J connectivity index is 1.66. The van der Waals surface area contributed by atoms with Crippen LogP contribution in [0.25, 0.3) is 0 Å². The molecule has 0 aromatic heterocycles. The summed E-state index contributed by atoms with van der Waals surface area (Å²) in [7, 11) is 1.28. The van der Waals surface area contributed by atoms with Crippen molar-refractivity contribution in [3.8, 4) is 0 Å². The maximum atomic E-state index is 12.8. The van der Waals surface area contributed by atoms with E-state index in [1.165, 1.54) is 7.11 Å². The first-order valence-electron chi connectivity index (χ1n) is 10.7. The second-order valence-corrected chi connectivity index (χ2v) is 8.28. The number of esters is 1.